The Kier molecular flexibility index (Phi) is 4.01. The lowest BCUT2D eigenvalue weighted by Gasteiger charge is -2.08. The van der Waals surface area contributed by atoms with Crippen molar-refractivity contribution in [3.05, 3.63) is 30.1 Å². The number of rotatable bonds is 5. The molecule has 0 fully saturated rings. The molecular weight excluding hydrogens is 284 g/mol. The van der Waals surface area contributed by atoms with E-state index in [-0.39, 0.29) is 0 Å². The van der Waals surface area contributed by atoms with Gasteiger partial charge < -0.3 is 5.32 Å². The van der Waals surface area contributed by atoms with Crippen LogP contribution in [0.1, 0.15) is 19.2 Å². The number of nitrogens with zero attached hydrogens (tertiary/aromatic N) is 4. The van der Waals surface area contributed by atoms with Crippen LogP contribution in [0.5, 0.6) is 0 Å². The van der Waals surface area contributed by atoms with Crippen LogP contribution in [0, 0.1) is 6.92 Å². The zero-order valence-corrected chi connectivity index (χ0v) is 12.7. The molecule has 0 aliphatic rings. The fourth-order valence-corrected chi connectivity index (χ4v) is 2.76. The van der Waals surface area contributed by atoms with Gasteiger partial charge in [0.25, 0.3) is 0 Å². The Morgan fingerprint density at radius 3 is 2.81 bits per heavy atom. The Labute approximate surface area is 126 Å². The first kappa shape index (κ1) is 13.8. The Balaban J connectivity index is 2.01. The van der Waals surface area contributed by atoms with E-state index in [1.165, 1.54) is 11.8 Å². The van der Waals surface area contributed by atoms with Gasteiger partial charge in [-0.2, -0.15) is 0 Å². The summed E-state index contributed by atoms with van der Waals surface area (Å²) < 4.78 is 0. The second kappa shape index (κ2) is 6.09. The third-order valence-corrected chi connectivity index (χ3v) is 3.74. The van der Waals surface area contributed by atoms with E-state index < -0.39 is 0 Å². The van der Waals surface area contributed by atoms with Crippen LogP contribution in [-0.4, -0.2) is 31.7 Å². The van der Waals surface area contributed by atoms with Gasteiger partial charge in [0.2, 0.25) is 11.1 Å². The van der Waals surface area contributed by atoms with Crippen LogP contribution < -0.4 is 5.32 Å². The van der Waals surface area contributed by atoms with Crippen LogP contribution in [0.15, 0.2) is 34.4 Å². The van der Waals surface area contributed by atoms with Gasteiger partial charge in [-0.1, -0.05) is 25.1 Å². The fraction of sp³-hybridized carbons (Fsp3) is 0.286. The van der Waals surface area contributed by atoms with Gasteiger partial charge >= 0.3 is 0 Å². The third kappa shape index (κ3) is 3.13. The number of aromatic nitrogens is 5. The van der Waals surface area contributed by atoms with Crippen molar-refractivity contribution in [3.63, 3.8) is 0 Å². The van der Waals surface area contributed by atoms with E-state index in [0.29, 0.717) is 11.1 Å². The molecule has 2 aromatic heterocycles. The first-order valence-electron chi connectivity index (χ1n) is 6.84. The van der Waals surface area contributed by atoms with Crippen LogP contribution in [-0.2, 0) is 0 Å². The summed E-state index contributed by atoms with van der Waals surface area (Å²) in [5, 5.41) is 12.8. The SMILES string of the molecule is CCCNc1nc(Sc2n[nH]c(C)n2)c2ccccc2n1. The van der Waals surface area contributed by atoms with Gasteiger partial charge in [-0.25, -0.2) is 15.0 Å². The normalized spacial score (nSPS) is 11.0. The highest BCUT2D eigenvalue weighted by Crippen LogP contribution is 2.30. The Morgan fingerprint density at radius 1 is 1.19 bits per heavy atom. The maximum atomic E-state index is 4.59. The van der Waals surface area contributed by atoms with Gasteiger partial charge in [0.05, 0.1) is 5.52 Å². The highest BCUT2D eigenvalue weighted by molar-refractivity contribution is 7.99. The van der Waals surface area contributed by atoms with Crippen LogP contribution in [0.25, 0.3) is 10.9 Å². The maximum Gasteiger partial charge on any atom is 0.224 e. The number of fused-ring (bicyclic) bond motifs is 1. The predicted octanol–water partition coefficient (Wildman–Crippen LogP) is 3.03. The molecule has 2 N–H and O–H groups in total. The molecule has 7 heteroatoms. The standard InChI is InChI=1S/C14H16N6S/c1-3-8-15-13-17-11-7-5-4-6-10(11)12(18-13)21-14-16-9(2)19-20-14/h4-7H,3,8H2,1-2H3,(H,15,17,18)(H,16,19,20). The number of para-hydroxylation sites is 1. The van der Waals surface area contributed by atoms with E-state index in [4.69, 9.17) is 0 Å². The topological polar surface area (TPSA) is 79.4 Å². The Bertz CT molecular complexity index is 754. The summed E-state index contributed by atoms with van der Waals surface area (Å²) >= 11 is 1.44. The zero-order chi connectivity index (χ0) is 14.7. The van der Waals surface area contributed by atoms with Crippen molar-refractivity contribution in [2.45, 2.75) is 30.5 Å². The van der Waals surface area contributed by atoms with E-state index in [1.807, 2.05) is 31.2 Å². The molecule has 0 atom stereocenters. The minimum absolute atomic E-state index is 0.644. The molecule has 0 saturated carbocycles. The quantitative estimate of drug-likeness (QED) is 0.705. The lowest BCUT2D eigenvalue weighted by atomic mass is 10.2. The molecule has 0 unspecified atom stereocenters. The number of hydrogen-bond acceptors (Lipinski definition) is 6. The van der Waals surface area contributed by atoms with Crippen molar-refractivity contribution in [1.82, 2.24) is 25.1 Å². The molecule has 3 aromatic rings. The highest BCUT2D eigenvalue weighted by Gasteiger charge is 2.11. The molecule has 1 aromatic carbocycles. The molecule has 0 amide bonds. The Morgan fingerprint density at radius 2 is 2.05 bits per heavy atom. The number of benzene rings is 1. The Hall–Kier alpha value is -2.15. The molecular formula is C14H16N6S. The summed E-state index contributed by atoms with van der Waals surface area (Å²) in [6.45, 7) is 4.84. The van der Waals surface area contributed by atoms with Crippen molar-refractivity contribution < 1.29 is 0 Å². The van der Waals surface area contributed by atoms with Crippen molar-refractivity contribution in [2.75, 3.05) is 11.9 Å². The smallest absolute Gasteiger partial charge is 0.224 e. The lowest BCUT2D eigenvalue weighted by molar-refractivity contribution is 0.940. The largest absolute Gasteiger partial charge is 0.354 e. The number of H-pyrrole nitrogens is 1. The van der Waals surface area contributed by atoms with Gasteiger partial charge in [-0.3, -0.25) is 5.10 Å². The van der Waals surface area contributed by atoms with E-state index in [0.717, 1.165) is 34.7 Å². The van der Waals surface area contributed by atoms with Crippen LogP contribution in [0.4, 0.5) is 5.95 Å². The van der Waals surface area contributed by atoms with Crippen LogP contribution in [0.2, 0.25) is 0 Å². The van der Waals surface area contributed by atoms with E-state index in [9.17, 15) is 0 Å². The van der Waals surface area contributed by atoms with Crippen LogP contribution in [0.3, 0.4) is 0 Å². The van der Waals surface area contributed by atoms with Gasteiger partial charge in [0.1, 0.15) is 10.9 Å². The molecule has 0 bridgehead atoms. The van der Waals surface area contributed by atoms with Crippen molar-refractivity contribution >= 4 is 28.6 Å². The van der Waals surface area contributed by atoms with Gasteiger partial charge in [-0.15, -0.1) is 5.10 Å². The predicted molar refractivity (Wildman–Crippen MR) is 83.6 cm³/mol. The van der Waals surface area contributed by atoms with Crippen molar-refractivity contribution in [3.8, 4) is 0 Å². The number of hydrogen-bond donors (Lipinski definition) is 2. The second-order valence-corrected chi connectivity index (χ2v) is 5.56. The minimum atomic E-state index is 0.644. The summed E-state index contributed by atoms with van der Waals surface area (Å²) in [4.78, 5) is 13.4. The van der Waals surface area contributed by atoms with Gasteiger partial charge in [-0.05, 0) is 31.2 Å². The number of nitrogens with one attached hydrogen (secondary N) is 2. The summed E-state index contributed by atoms with van der Waals surface area (Å²) in [7, 11) is 0. The summed E-state index contributed by atoms with van der Waals surface area (Å²) in [6, 6.07) is 7.96. The summed E-state index contributed by atoms with van der Waals surface area (Å²) in [5.74, 6) is 1.44. The van der Waals surface area contributed by atoms with Gasteiger partial charge in [0.15, 0.2) is 0 Å². The number of aromatic amines is 1. The number of aryl methyl sites for hydroxylation is 1. The molecule has 0 aliphatic heterocycles. The molecule has 6 nitrogen and oxygen atoms in total. The maximum absolute atomic E-state index is 4.59. The van der Waals surface area contributed by atoms with E-state index in [1.54, 1.807) is 0 Å². The monoisotopic (exact) mass is 300 g/mol. The molecule has 21 heavy (non-hydrogen) atoms. The lowest BCUT2D eigenvalue weighted by Crippen LogP contribution is -2.05. The van der Waals surface area contributed by atoms with Crippen molar-refractivity contribution in [2.24, 2.45) is 0 Å². The zero-order valence-electron chi connectivity index (χ0n) is 11.9. The fourth-order valence-electron chi connectivity index (χ4n) is 1.90. The summed E-state index contributed by atoms with van der Waals surface area (Å²) in [5.41, 5.74) is 0.917. The third-order valence-electron chi connectivity index (χ3n) is 2.87. The van der Waals surface area contributed by atoms with Crippen LogP contribution >= 0.6 is 11.8 Å². The van der Waals surface area contributed by atoms with Gasteiger partial charge in [0, 0.05) is 11.9 Å². The number of anilines is 1. The summed E-state index contributed by atoms with van der Waals surface area (Å²) in [6.07, 6.45) is 1.03. The first-order chi connectivity index (χ1) is 10.3. The van der Waals surface area contributed by atoms with E-state index in [2.05, 4.69) is 37.4 Å². The second-order valence-electron chi connectivity index (χ2n) is 4.60. The molecule has 0 aliphatic carbocycles. The minimum Gasteiger partial charge on any atom is -0.354 e. The van der Waals surface area contributed by atoms with E-state index >= 15 is 0 Å². The first-order valence-corrected chi connectivity index (χ1v) is 7.65. The molecule has 0 radical (unpaired) electrons. The van der Waals surface area contributed by atoms with Crippen molar-refractivity contribution in [1.29, 1.82) is 0 Å². The average molecular weight is 300 g/mol. The molecule has 0 spiro atoms. The highest BCUT2D eigenvalue weighted by atomic mass is 32.2. The molecule has 0 saturated heterocycles. The molecule has 3 rings (SSSR count). The average Bonchev–Trinajstić information content (AvgIpc) is 2.90. The molecule has 108 valence electrons. The molecule has 2 heterocycles.